The van der Waals surface area contributed by atoms with Gasteiger partial charge in [0.1, 0.15) is 4.88 Å². The Balaban J connectivity index is 2.42. The fourth-order valence-corrected chi connectivity index (χ4v) is 3.17. The Bertz CT molecular complexity index is 663. The second kappa shape index (κ2) is 5.23. The van der Waals surface area contributed by atoms with Crippen LogP contribution in [0.2, 0.25) is 5.02 Å². The van der Waals surface area contributed by atoms with Crippen molar-refractivity contribution in [3.8, 4) is 0 Å². The molecule has 0 atom stereocenters. The molecule has 0 fully saturated rings. The number of nitrogens with zero attached hydrogens (tertiary/aromatic N) is 1. The number of fused-ring (bicyclic) bond motifs is 1. The van der Waals surface area contributed by atoms with E-state index in [0.717, 1.165) is 15.7 Å². The van der Waals surface area contributed by atoms with Gasteiger partial charge in [-0.1, -0.05) is 23.8 Å². The minimum absolute atomic E-state index is 0.0853. The van der Waals surface area contributed by atoms with E-state index >= 15 is 0 Å². The van der Waals surface area contributed by atoms with Crippen LogP contribution in [0.25, 0.3) is 10.1 Å². The van der Waals surface area contributed by atoms with Crippen molar-refractivity contribution < 1.29 is 4.79 Å². The van der Waals surface area contributed by atoms with Gasteiger partial charge in [-0.3, -0.25) is 4.79 Å². The lowest BCUT2D eigenvalue weighted by molar-refractivity contribution is 0.0812. The molecule has 1 heterocycles. The van der Waals surface area contributed by atoms with Gasteiger partial charge in [-0.2, -0.15) is 0 Å². The number of amides is 1. The first-order chi connectivity index (χ1) is 8.90. The van der Waals surface area contributed by atoms with Gasteiger partial charge in [-0.05, 0) is 25.1 Å². The summed E-state index contributed by atoms with van der Waals surface area (Å²) in [6.07, 6.45) is 0. The van der Waals surface area contributed by atoms with Crippen LogP contribution in [0.4, 0.5) is 5.69 Å². The van der Waals surface area contributed by atoms with Crippen molar-refractivity contribution in [2.75, 3.05) is 19.3 Å². The van der Waals surface area contributed by atoms with Crippen LogP contribution in [0.3, 0.4) is 0 Å². The van der Waals surface area contributed by atoms with Crippen LogP contribution in [0.15, 0.2) is 30.4 Å². The number of carbonyl (C=O) groups excluding carboxylic acids is 1. The number of hydrogen-bond donors (Lipinski definition) is 1. The monoisotopic (exact) mass is 294 g/mol. The van der Waals surface area contributed by atoms with Crippen LogP contribution < -0.4 is 5.73 Å². The zero-order valence-corrected chi connectivity index (χ0v) is 12.4. The average Bonchev–Trinajstić information content (AvgIpc) is 2.65. The number of halogens is 1. The minimum atomic E-state index is -0.0853. The van der Waals surface area contributed by atoms with E-state index in [1.54, 1.807) is 24.1 Å². The Morgan fingerprint density at radius 1 is 1.53 bits per heavy atom. The average molecular weight is 295 g/mol. The summed E-state index contributed by atoms with van der Waals surface area (Å²) in [5.41, 5.74) is 7.49. The third-order valence-electron chi connectivity index (χ3n) is 2.74. The number of benzene rings is 1. The lowest BCUT2D eigenvalue weighted by Crippen LogP contribution is -2.27. The first-order valence-electron chi connectivity index (χ1n) is 5.77. The van der Waals surface area contributed by atoms with Crippen molar-refractivity contribution in [3.05, 3.63) is 40.3 Å². The standard InChI is InChI=1S/C14H15ClN2OS/c1-8(2)7-17(3)14(18)13-12(16)10-6-9(15)4-5-11(10)19-13/h4-6H,1,7,16H2,2-3H3. The second-order valence-corrected chi connectivity index (χ2v) is 6.09. The number of carbonyl (C=O) groups is 1. The topological polar surface area (TPSA) is 46.3 Å². The number of hydrogen-bond acceptors (Lipinski definition) is 3. The highest BCUT2D eigenvalue weighted by molar-refractivity contribution is 7.21. The molecule has 0 saturated carbocycles. The molecule has 19 heavy (non-hydrogen) atoms. The molecule has 2 aromatic rings. The second-order valence-electron chi connectivity index (χ2n) is 4.60. The Labute approximate surface area is 121 Å². The van der Waals surface area contributed by atoms with Gasteiger partial charge in [0, 0.05) is 28.7 Å². The molecule has 1 aromatic carbocycles. The fraction of sp³-hybridized carbons (Fsp3) is 0.214. The number of thiophene rings is 1. The Morgan fingerprint density at radius 2 is 2.21 bits per heavy atom. The molecule has 0 bridgehead atoms. The van der Waals surface area contributed by atoms with Gasteiger partial charge in [-0.15, -0.1) is 11.3 Å². The molecule has 5 heteroatoms. The minimum Gasteiger partial charge on any atom is -0.397 e. The fourth-order valence-electron chi connectivity index (χ4n) is 1.90. The molecule has 0 aliphatic carbocycles. The summed E-state index contributed by atoms with van der Waals surface area (Å²) in [6, 6.07) is 5.47. The number of anilines is 1. The first kappa shape index (κ1) is 13.9. The van der Waals surface area contributed by atoms with E-state index in [1.165, 1.54) is 11.3 Å². The van der Waals surface area contributed by atoms with Gasteiger partial charge < -0.3 is 10.6 Å². The Morgan fingerprint density at radius 3 is 2.84 bits per heavy atom. The quantitative estimate of drug-likeness (QED) is 0.876. The SMILES string of the molecule is C=C(C)CN(C)C(=O)c1sc2ccc(Cl)cc2c1N. The summed E-state index contributed by atoms with van der Waals surface area (Å²) in [6.45, 7) is 6.22. The van der Waals surface area contributed by atoms with E-state index in [-0.39, 0.29) is 5.91 Å². The highest BCUT2D eigenvalue weighted by Gasteiger charge is 2.19. The maximum atomic E-state index is 12.3. The molecule has 0 aliphatic rings. The molecule has 0 radical (unpaired) electrons. The third kappa shape index (κ3) is 2.74. The molecule has 0 spiro atoms. The van der Waals surface area contributed by atoms with Crippen LogP contribution in [0.1, 0.15) is 16.6 Å². The normalized spacial score (nSPS) is 10.7. The summed E-state index contributed by atoms with van der Waals surface area (Å²) < 4.78 is 0.967. The van der Waals surface area contributed by atoms with Crippen molar-refractivity contribution in [1.29, 1.82) is 0 Å². The molecular formula is C14H15ClN2OS. The van der Waals surface area contributed by atoms with E-state index in [1.807, 2.05) is 13.0 Å². The lowest BCUT2D eigenvalue weighted by atomic mass is 10.2. The smallest absolute Gasteiger partial charge is 0.266 e. The maximum Gasteiger partial charge on any atom is 0.266 e. The van der Waals surface area contributed by atoms with Crippen molar-refractivity contribution in [1.82, 2.24) is 4.90 Å². The molecule has 3 nitrogen and oxygen atoms in total. The predicted octanol–water partition coefficient (Wildman–Crippen LogP) is 3.79. The van der Waals surface area contributed by atoms with Gasteiger partial charge in [0.25, 0.3) is 5.91 Å². The van der Waals surface area contributed by atoms with E-state index in [4.69, 9.17) is 17.3 Å². The van der Waals surface area contributed by atoms with Gasteiger partial charge in [0.05, 0.1) is 5.69 Å². The van der Waals surface area contributed by atoms with Gasteiger partial charge in [0.2, 0.25) is 0 Å². The van der Waals surface area contributed by atoms with E-state index < -0.39 is 0 Å². The summed E-state index contributed by atoms with van der Waals surface area (Å²) in [5.74, 6) is -0.0853. The van der Waals surface area contributed by atoms with Crippen molar-refractivity contribution in [3.63, 3.8) is 0 Å². The first-order valence-corrected chi connectivity index (χ1v) is 6.97. The van der Waals surface area contributed by atoms with Crippen LogP contribution >= 0.6 is 22.9 Å². The number of likely N-dealkylation sites (N-methyl/N-ethyl adjacent to an activating group) is 1. The molecule has 100 valence electrons. The van der Waals surface area contributed by atoms with Crippen molar-refractivity contribution in [2.24, 2.45) is 0 Å². The molecule has 0 aliphatic heterocycles. The zero-order valence-electron chi connectivity index (χ0n) is 10.9. The van der Waals surface area contributed by atoms with Crippen LogP contribution in [-0.4, -0.2) is 24.4 Å². The van der Waals surface area contributed by atoms with Crippen LogP contribution in [0.5, 0.6) is 0 Å². The zero-order chi connectivity index (χ0) is 14.2. The number of nitrogens with two attached hydrogens (primary N) is 1. The number of rotatable bonds is 3. The largest absolute Gasteiger partial charge is 0.397 e. The van der Waals surface area contributed by atoms with E-state index in [0.29, 0.717) is 22.1 Å². The van der Waals surface area contributed by atoms with Gasteiger partial charge in [0.15, 0.2) is 0 Å². The highest BCUT2D eigenvalue weighted by Crippen LogP contribution is 2.35. The molecule has 2 rings (SSSR count). The van der Waals surface area contributed by atoms with Crippen molar-refractivity contribution >= 4 is 44.6 Å². The number of nitrogen functional groups attached to an aromatic ring is 1. The maximum absolute atomic E-state index is 12.3. The Kier molecular flexibility index (Phi) is 3.83. The molecular weight excluding hydrogens is 280 g/mol. The molecule has 0 unspecified atom stereocenters. The molecule has 1 amide bonds. The van der Waals surface area contributed by atoms with Crippen molar-refractivity contribution in [2.45, 2.75) is 6.92 Å². The Hall–Kier alpha value is -1.52. The van der Waals surface area contributed by atoms with Gasteiger partial charge in [-0.25, -0.2) is 0 Å². The van der Waals surface area contributed by atoms with Crippen LogP contribution in [-0.2, 0) is 0 Å². The molecule has 1 aromatic heterocycles. The van der Waals surface area contributed by atoms with E-state index in [2.05, 4.69) is 6.58 Å². The third-order valence-corrected chi connectivity index (χ3v) is 4.15. The summed E-state index contributed by atoms with van der Waals surface area (Å²) >= 11 is 7.34. The summed E-state index contributed by atoms with van der Waals surface area (Å²) in [4.78, 5) is 14.5. The summed E-state index contributed by atoms with van der Waals surface area (Å²) in [7, 11) is 1.74. The predicted molar refractivity (Wildman–Crippen MR) is 83.0 cm³/mol. The summed E-state index contributed by atoms with van der Waals surface area (Å²) in [5, 5.41) is 1.45. The van der Waals surface area contributed by atoms with Gasteiger partial charge >= 0.3 is 0 Å². The lowest BCUT2D eigenvalue weighted by Gasteiger charge is -2.16. The highest BCUT2D eigenvalue weighted by atomic mass is 35.5. The van der Waals surface area contributed by atoms with Crippen LogP contribution in [0, 0.1) is 0 Å². The molecule has 2 N–H and O–H groups in total. The van der Waals surface area contributed by atoms with E-state index in [9.17, 15) is 4.79 Å². The molecule has 0 saturated heterocycles.